The molecule has 3 N–H and O–H groups in total. The topological polar surface area (TPSA) is 105 Å². The number of rotatable bonds is 5. The van der Waals surface area contributed by atoms with Crippen LogP contribution in [-0.4, -0.2) is 53.8 Å². The van der Waals surface area contributed by atoms with Crippen molar-refractivity contribution in [2.24, 2.45) is 5.84 Å². The molecular weight excluding hydrogens is 228 g/mol. The maximum Gasteiger partial charge on any atom is 0.328 e. The molecule has 0 saturated carbocycles. The fourth-order valence-electron chi connectivity index (χ4n) is 1.54. The molecule has 1 aliphatic rings. The predicted molar refractivity (Wildman–Crippen MR) is 56.9 cm³/mol. The third kappa shape index (κ3) is 3.68. The zero-order valence-corrected chi connectivity index (χ0v) is 9.64. The van der Waals surface area contributed by atoms with Crippen LogP contribution in [0, 0.1) is 0 Å². The first-order chi connectivity index (χ1) is 8.08. The first kappa shape index (κ1) is 13.4. The Hall–Kier alpha value is -1.67. The quantitative estimate of drug-likeness (QED) is 0.427. The third-order valence-corrected chi connectivity index (χ3v) is 2.50. The molecule has 2 amide bonds. The Bertz CT molecular complexity index is 320. The molecule has 96 valence electrons. The Morgan fingerprint density at radius 1 is 1.35 bits per heavy atom. The monoisotopic (exact) mass is 244 g/mol. The largest absolute Gasteiger partial charge is 0.356 e. The van der Waals surface area contributed by atoms with Gasteiger partial charge >= 0.3 is 5.97 Å². The molecule has 0 radical (unpaired) electrons. The summed E-state index contributed by atoms with van der Waals surface area (Å²) in [6.07, 6.45) is -0.00462. The Labute approximate surface area is 98.6 Å². The van der Waals surface area contributed by atoms with Gasteiger partial charge < -0.3 is 14.6 Å². The molecule has 1 heterocycles. The summed E-state index contributed by atoms with van der Waals surface area (Å²) in [6.45, 7) is 2.56. The van der Waals surface area contributed by atoms with Gasteiger partial charge in [0.05, 0.1) is 19.5 Å². The van der Waals surface area contributed by atoms with Crippen molar-refractivity contribution in [1.29, 1.82) is 0 Å². The Morgan fingerprint density at radius 2 is 1.94 bits per heavy atom. The molecule has 0 unspecified atom stereocenters. The zero-order valence-electron chi connectivity index (χ0n) is 9.64. The first-order valence-electron chi connectivity index (χ1n) is 5.29. The SMILES string of the molecule is CCN1CC(=O)N(CCC(=O)ONN)CC1=O. The van der Waals surface area contributed by atoms with Gasteiger partial charge in [-0.15, -0.1) is 0 Å². The summed E-state index contributed by atoms with van der Waals surface area (Å²) < 4.78 is 0. The van der Waals surface area contributed by atoms with Crippen LogP contribution in [0.2, 0.25) is 0 Å². The van der Waals surface area contributed by atoms with E-state index < -0.39 is 5.97 Å². The number of carbonyl (C=O) groups is 3. The second kappa shape index (κ2) is 6.16. The van der Waals surface area contributed by atoms with Crippen LogP contribution in [0.1, 0.15) is 13.3 Å². The van der Waals surface area contributed by atoms with Gasteiger partial charge in [0.1, 0.15) is 0 Å². The van der Waals surface area contributed by atoms with Crippen molar-refractivity contribution in [3.8, 4) is 0 Å². The molecule has 8 nitrogen and oxygen atoms in total. The van der Waals surface area contributed by atoms with Gasteiger partial charge in [0.15, 0.2) is 0 Å². The number of piperazine rings is 1. The Morgan fingerprint density at radius 3 is 2.53 bits per heavy atom. The molecule has 1 aliphatic heterocycles. The number of amides is 2. The van der Waals surface area contributed by atoms with Gasteiger partial charge in [-0.25, -0.2) is 5.84 Å². The lowest BCUT2D eigenvalue weighted by atomic mass is 10.2. The van der Waals surface area contributed by atoms with E-state index in [0.29, 0.717) is 6.54 Å². The van der Waals surface area contributed by atoms with E-state index in [2.05, 4.69) is 4.84 Å². The van der Waals surface area contributed by atoms with Crippen LogP contribution >= 0.6 is 0 Å². The van der Waals surface area contributed by atoms with Crippen LogP contribution in [0.4, 0.5) is 0 Å². The normalized spacial score (nSPS) is 16.4. The first-order valence-corrected chi connectivity index (χ1v) is 5.29. The van der Waals surface area contributed by atoms with E-state index in [-0.39, 0.29) is 37.9 Å². The summed E-state index contributed by atoms with van der Waals surface area (Å²) in [4.78, 5) is 41.3. The molecule has 0 aromatic rings. The minimum atomic E-state index is -0.578. The highest BCUT2D eigenvalue weighted by Gasteiger charge is 2.28. The molecule has 1 fully saturated rings. The third-order valence-electron chi connectivity index (χ3n) is 2.50. The number of carbonyl (C=O) groups excluding carboxylic acids is 3. The molecule has 0 spiro atoms. The lowest BCUT2D eigenvalue weighted by molar-refractivity contribution is -0.155. The number of likely N-dealkylation sites (N-methyl/N-ethyl adjacent to an activating group) is 1. The summed E-state index contributed by atoms with van der Waals surface area (Å²) in [5, 5.41) is 0. The fraction of sp³-hybridized carbons (Fsp3) is 0.667. The average Bonchev–Trinajstić information content (AvgIpc) is 2.30. The lowest BCUT2D eigenvalue weighted by Crippen LogP contribution is -2.54. The number of nitrogens with zero attached hydrogens (tertiary/aromatic N) is 2. The standard InChI is InChI=1S/C9H16N4O4/c1-2-12-5-8(15)13(6-7(12)14)4-3-9(16)17-11-10/h11H,2-6,10H2,1H3. The van der Waals surface area contributed by atoms with Crippen LogP contribution in [-0.2, 0) is 19.2 Å². The minimum absolute atomic E-state index is 0.00462. The Kier molecular flexibility index (Phi) is 4.85. The maximum absolute atomic E-state index is 11.6. The van der Waals surface area contributed by atoms with Gasteiger partial charge in [-0.3, -0.25) is 14.4 Å². The second-order valence-corrected chi connectivity index (χ2v) is 3.57. The maximum atomic E-state index is 11.6. The molecule has 0 bridgehead atoms. The number of hydrazine groups is 1. The molecule has 0 aliphatic carbocycles. The van der Waals surface area contributed by atoms with Crippen molar-refractivity contribution in [2.45, 2.75) is 13.3 Å². The fourth-order valence-corrected chi connectivity index (χ4v) is 1.54. The number of nitrogens with two attached hydrogens (primary N) is 1. The summed E-state index contributed by atoms with van der Waals surface area (Å²) in [5.74, 6) is 3.93. The second-order valence-electron chi connectivity index (χ2n) is 3.57. The summed E-state index contributed by atoms with van der Waals surface area (Å²) >= 11 is 0. The Balaban J connectivity index is 2.42. The van der Waals surface area contributed by atoms with E-state index in [9.17, 15) is 14.4 Å². The van der Waals surface area contributed by atoms with Crippen LogP contribution < -0.4 is 11.4 Å². The van der Waals surface area contributed by atoms with Crippen molar-refractivity contribution >= 4 is 17.8 Å². The molecular formula is C9H16N4O4. The van der Waals surface area contributed by atoms with E-state index in [0.717, 1.165) is 0 Å². The molecule has 17 heavy (non-hydrogen) atoms. The summed E-state index contributed by atoms with van der Waals surface area (Å²) in [5.41, 5.74) is 1.76. The van der Waals surface area contributed by atoms with Crippen molar-refractivity contribution in [2.75, 3.05) is 26.2 Å². The smallest absolute Gasteiger partial charge is 0.328 e. The van der Waals surface area contributed by atoms with Gasteiger partial charge in [-0.2, -0.15) is 0 Å². The molecule has 1 saturated heterocycles. The predicted octanol–water partition coefficient (Wildman–Crippen LogP) is -2.01. The summed E-state index contributed by atoms with van der Waals surface area (Å²) in [7, 11) is 0. The van der Waals surface area contributed by atoms with Crippen molar-refractivity contribution < 1.29 is 19.2 Å². The number of nitrogens with one attached hydrogen (secondary N) is 1. The minimum Gasteiger partial charge on any atom is -0.356 e. The molecule has 0 aromatic heterocycles. The molecule has 0 atom stereocenters. The molecule has 1 rings (SSSR count). The van der Waals surface area contributed by atoms with Gasteiger partial charge in [0.2, 0.25) is 11.8 Å². The highest BCUT2D eigenvalue weighted by molar-refractivity contribution is 5.92. The van der Waals surface area contributed by atoms with Gasteiger partial charge in [0, 0.05) is 13.1 Å². The van der Waals surface area contributed by atoms with E-state index >= 15 is 0 Å². The van der Waals surface area contributed by atoms with E-state index in [1.807, 2.05) is 6.92 Å². The molecule has 0 aromatic carbocycles. The zero-order chi connectivity index (χ0) is 12.8. The van der Waals surface area contributed by atoms with Crippen molar-refractivity contribution in [3.63, 3.8) is 0 Å². The van der Waals surface area contributed by atoms with E-state index in [1.54, 1.807) is 5.59 Å². The highest BCUT2D eigenvalue weighted by Crippen LogP contribution is 2.05. The van der Waals surface area contributed by atoms with Crippen molar-refractivity contribution in [3.05, 3.63) is 0 Å². The highest BCUT2D eigenvalue weighted by atomic mass is 16.7. The van der Waals surface area contributed by atoms with Crippen molar-refractivity contribution in [1.82, 2.24) is 15.4 Å². The van der Waals surface area contributed by atoms with Crippen LogP contribution in [0.3, 0.4) is 0 Å². The van der Waals surface area contributed by atoms with Gasteiger partial charge in [-0.05, 0) is 6.92 Å². The lowest BCUT2D eigenvalue weighted by Gasteiger charge is -2.33. The van der Waals surface area contributed by atoms with Crippen LogP contribution in [0.15, 0.2) is 0 Å². The van der Waals surface area contributed by atoms with Gasteiger partial charge in [0.25, 0.3) is 0 Å². The average molecular weight is 244 g/mol. The number of hydrogen-bond acceptors (Lipinski definition) is 6. The summed E-state index contributed by atoms with van der Waals surface area (Å²) in [6, 6.07) is 0. The number of hydrogen-bond donors (Lipinski definition) is 2. The van der Waals surface area contributed by atoms with E-state index in [1.165, 1.54) is 9.80 Å². The van der Waals surface area contributed by atoms with Crippen LogP contribution in [0.5, 0.6) is 0 Å². The molecule has 8 heteroatoms. The van der Waals surface area contributed by atoms with E-state index in [4.69, 9.17) is 5.84 Å². The van der Waals surface area contributed by atoms with Gasteiger partial charge in [-0.1, -0.05) is 5.59 Å². The van der Waals surface area contributed by atoms with Crippen LogP contribution in [0.25, 0.3) is 0 Å².